The molecule has 6 nitrogen and oxygen atoms in total. The van der Waals surface area contributed by atoms with Crippen molar-refractivity contribution in [3.05, 3.63) is 60.2 Å². The molecule has 3 rings (SSSR count). The average molecular weight is 447 g/mol. The van der Waals surface area contributed by atoms with E-state index in [0.717, 1.165) is 10.5 Å². The van der Waals surface area contributed by atoms with Gasteiger partial charge in [-0.25, -0.2) is 9.80 Å². The number of benzene rings is 2. The molecule has 29 heavy (non-hydrogen) atoms. The third-order valence-corrected chi connectivity index (χ3v) is 6.58. The van der Waals surface area contributed by atoms with Crippen LogP contribution in [0.5, 0.6) is 0 Å². The molecular weight excluding hydrogens is 424 g/mol. The lowest BCUT2D eigenvalue weighted by molar-refractivity contribution is -0.114. The molecule has 2 aromatic carbocycles. The summed E-state index contributed by atoms with van der Waals surface area (Å²) in [5, 5.41) is 20.0. The first kappa shape index (κ1) is 21.6. The number of thiocarbonyl (C=S) groups is 1. The molecule has 2 aromatic rings. The van der Waals surface area contributed by atoms with Gasteiger partial charge in [0.15, 0.2) is 10.5 Å². The molecule has 0 radical (unpaired) electrons. The number of nitrogens with zero attached hydrogens (tertiary/aromatic N) is 3. The van der Waals surface area contributed by atoms with Gasteiger partial charge in [-0.05, 0) is 49.9 Å². The van der Waals surface area contributed by atoms with E-state index in [0.29, 0.717) is 15.1 Å². The number of urea groups is 1. The summed E-state index contributed by atoms with van der Waals surface area (Å²) < 4.78 is -0.0663. The van der Waals surface area contributed by atoms with E-state index in [9.17, 15) is 10.0 Å². The van der Waals surface area contributed by atoms with Crippen LogP contribution in [0.1, 0.15) is 19.4 Å². The highest BCUT2D eigenvalue weighted by molar-refractivity contribution is 8.24. The average Bonchev–Trinajstić information content (AvgIpc) is 2.94. The number of hydrogen-bond acceptors (Lipinski definition) is 6. The highest BCUT2D eigenvalue weighted by Gasteiger charge is 2.50. The zero-order chi connectivity index (χ0) is 21.0. The van der Waals surface area contributed by atoms with Crippen LogP contribution in [0, 0.1) is 0 Å². The molecule has 0 aliphatic carbocycles. The molecule has 0 bridgehead atoms. The van der Waals surface area contributed by atoms with Gasteiger partial charge < -0.3 is 5.32 Å². The van der Waals surface area contributed by atoms with Crippen molar-refractivity contribution >= 4 is 58.0 Å². The van der Waals surface area contributed by atoms with Gasteiger partial charge in [-0.15, -0.1) is 11.8 Å². The van der Waals surface area contributed by atoms with E-state index in [-0.39, 0.29) is 0 Å². The van der Waals surface area contributed by atoms with Gasteiger partial charge in [0.1, 0.15) is 0 Å². The fourth-order valence-electron chi connectivity index (χ4n) is 2.86. The number of hydrogen-bond donors (Lipinski definition) is 2. The van der Waals surface area contributed by atoms with Crippen LogP contribution in [0.3, 0.4) is 0 Å². The van der Waals surface area contributed by atoms with Gasteiger partial charge >= 0.3 is 6.03 Å². The Kier molecular flexibility index (Phi) is 6.84. The monoisotopic (exact) mass is 446 g/mol. The number of amides is 2. The second-order valence-corrected chi connectivity index (χ2v) is 10.0. The third-order valence-electron chi connectivity index (χ3n) is 4.30. The summed E-state index contributed by atoms with van der Waals surface area (Å²) in [7, 11) is 0. The van der Waals surface area contributed by atoms with Crippen LogP contribution in [0.15, 0.2) is 64.6 Å². The largest absolute Gasteiger partial charge is 0.347 e. The van der Waals surface area contributed by atoms with E-state index in [1.54, 1.807) is 42.2 Å². The highest BCUT2D eigenvalue weighted by Crippen LogP contribution is 2.42. The first-order valence-corrected chi connectivity index (χ1v) is 11.3. The van der Waals surface area contributed by atoms with E-state index in [1.165, 1.54) is 16.8 Å². The number of rotatable bonds is 5. The lowest BCUT2D eigenvalue weighted by atomic mass is 10.1. The minimum Gasteiger partial charge on any atom is -0.306 e. The van der Waals surface area contributed by atoms with Gasteiger partial charge in [-0.3, -0.25) is 5.21 Å². The maximum atomic E-state index is 12.6. The zero-order valence-electron chi connectivity index (χ0n) is 16.3. The van der Waals surface area contributed by atoms with E-state index in [4.69, 9.17) is 12.2 Å². The summed E-state index contributed by atoms with van der Waals surface area (Å²) in [5.74, 6) is 0. The minimum atomic E-state index is -0.759. The number of hydroxylamine groups is 2. The lowest BCUT2D eigenvalue weighted by Gasteiger charge is -2.34. The van der Waals surface area contributed by atoms with Gasteiger partial charge in [0.25, 0.3) is 0 Å². The summed E-state index contributed by atoms with van der Waals surface area (Å²) in [6, 6.07) is 16.3. The second kappa shape index (κ2) is 9.17. The number of anilines is 1. The molecule has 1 heterocycles. The molecule has 0 spiro atoms. The number of nitrogens with one attached hydrogen (secondary N) is 1. The number of carbonyl (C=O) groups is 1. The number of carbonyl (C=O) groups excluding carboxylic acids is 1. The van der Waals surface area contributed by atoms with Crippen LogP contribution >= 0.6 is 35.7 Å². The Hall–Kier alpha value is -2.07. The molecule has 9 heteroatoms. The van der Waals surface area contributed by atoms with Gasteiger partial charge in [0, 0.05) is 10.6 Å². The normalized spacial score (nSPS) is 18.3. The number of hydrazone groups is 1. The molecule has 0 aromatic heterocycles. The van der Waals surface area contributed by atoms with Gasteiger partial charge in [0.2, 0.25) is 0 Å². The Morgan fingerprint density at radius 2 is 1.93 bits per heavy atom. The molecule has 1 aliphatic heterocycles. The molecule has 1 saturated heterocycles. The predicted molar refractivity (Wildman–Crippen MR) is 125 cm³/mol. The third kappa shape index (κ3) is 5.11. The molecule has 1 fully saturated rings. The van der Waals surface area contributed by atoms with E-state index < -0.39 is 16.9 Å². The zero-order valence-corrected chi connectivity index (χ0v) is 18.7. The minimum absolute atomic E-state index is 0.489. The van der Waals surface area contributed by atoms with E-state index in [1.807, 2.05) is 50.4 Å². The quantitative estimate of drug-likeness (QED) is 0.219. The van der Waals surface area contributed by atoms with Crippen molar-refractivity contribution in [3.63, 3.8) is 0 Å². The van der Waals surface area contributed by atoms with Crippen LogP contribution in [0.2, 0.25) is 0 Å². The molecule has 0 unspecified atom stereocenters. The summed E-state index contributed by atoms with van der Waals surface area (Å²) in [6.45, 7) is 3.83. The van der Waals surface area contributed by atoms with Crippen LogP contribution in [-0.4, -0.2) is 49.0 Å². The van der Waals surface area contributed by atoms with Crippen molar-refractivity contribution in [2.45, 2.75) is 29.7 Å². The van der Waals surface area contributed by atoms with Crippen molar-refractivity contribution < 1.29 is 10.0 Å². The van der Waals surface area contributed by atoms with Gasteiger partial charge in [-0.2, -0.15) is 10.2 Å². The topological polar surface area (TPSA) is 68.2 Å². The van der Waals surface area contributed by atoms with Gasteiger partial charge in [-0.1, -0.05) is 54.3 Å². The Balaban J connectivity index is 1.80. The predicted octanol–water partition coefficient (Wildman–Crippen LogP) is 5.10. The maximum absolute atomic E-state index is 12.6. The number of thioether (sulfide) groups is 2. The molecule has 1 atom stereocenters. The highest BCUT2D eigenvalue weighted by atomic mass is 32.2. The van der Waals surface area contributed by atoms with Crippen LogP contribution in [0.4, 0.5) is 10.5 Å². The standard InChI is InChI=1S/C20H22N4O2S3/c1-20(2)17(24(26)18(25)22-15-7-5-4-6-8-15)23(19(27)29-20)21-13-14-9-11-16(28-3)12-10-14/h4-13,17,26H,1-3H3,(H,22,25)/b21-13-/t17-/m1/s1. The maximum Gasteiger partial charge on any atom is 0.347 e. The van der Waals surface area contributed by atoms with Crippen molar-refractivity contribution in [1.29, 1.82) is 0 Å². The fraction of sp³-hybridized carbons (Fsp3) is 0.250. The SMILES string of the molecule is CSc1ccc(/C=N\N2C(=S)SC(C)(C)[C@H]2N(O)C(=O)Nc2ccccc2)cc1. The van der Waals surface area contributed by atoms with E-state index >= 15 is 0 Å². The van der Waals surface area contributed by atoms with Crippen molar-refractivity contribution in [2.24, 2.45) is 5.10 Å². The Morgan fingerprint density at radius 1 is 1.28 bits per heavy atom. The Labute approximate surface area is 184 Å². The van der Waals surface area contributed by atoms with Crippen LogP contribution in [0.25, 0.3) is 0 Å². The summed E-state index contributed by atoms with van der Waals surface area (Å²) in [5.41, 5.74) is 1.49. The molecule has 2 N–H and O–H groups in total. The summed E-state index contributed by atoms with van der Waals surface area (Å²) >= 11 is 8.52. The van der Waals surface area contributed by atoms with Crippen molar-refractivity contribution in [2.75, 3.05) is 11.6 Å². The van der Waals surface area contributed by atoms with Crippen LogP contribution in [-0.2, 0) is 0 Å². The first-order valence-electron chi connectivity index (χ1n) is 8.86. The number of para-hydroxylation sites is 1. The summed E-state index contributed by atoms with van der Waals surface area (Å²) in [6.07, 6.45) is 2.94. The Morgan fingerprint density at radius 3 is 2.55 bits per heavy atom. The van der Waals surface area contributed by atoms with Crippen molar-refractivity contribution in [1.82, 2.24) is 10.1 Å². The van der Waals surface area contributed by atoms with E-state index in [2.05, 4.69) is 10.4 Å². The molecule has 152 valence electrons. The molecule has 2 amide bonds. The molecular formula is C20H22N4O2S3. The Bertz CT molecular complexity index is 904. The molecule has 1 aliphatic rings. The van der Waals surface area contributed by atoms with Crippen LogP contribution < -0.4 is 5.32 Å². The summed E-state index contributed by atoms with van der Waals surface area (Å²) in [4.78, 5) is 13.8. The molecule has 0 saturated carbocycles. The second-order valence-electron chi connectivity index (χ2n) is 6.85. The smallest absolute Gasteiger partial charge is 0.306 e. The lowest BCUT2D eigenvalue weighted by Crippen LogP contribution is -2.54. The fourth-order valence-corrected chi connectivity index (χ4v) is 5.05. The van der Waals surface area contributed by atoms with Gasteiger partial charge in [0.05, 0.1) is 11.0 Å². The first-order chi connectivity index (χ1) is 13.8. The van der Waals surface area contributed by atoms with Crippen molar-refractivity contribution in [3.8, 4) is 0 Å².